The highest BCUT2D eigenvalue weighted by atomic mass is 79.9. The molecule has 3 N–H and O–H groups in total. The molecule has 2 aliphatic heterocycles. The number of halogens is 1. The largest absolute Gasteiger partial charge is 0.334 e. The number of nitrogens with two attached hydrogens (primary N) is 1. The van der Waals surface area contributed by atoms with E-state index in [1.807, 2.05) is 31.2 Å². The lowest BCUT2D eigenvalue weighted by atomic mass is 9.91. The summed E-state index contributed by atoms with van der Waals surface area (Å²) in [7, 11) is 0. The van der Waals surface area contributed by atoms with Crippen LogP contribution >= 0.6 is 15.9 Å². The highest BCUT2D eigenvalue weighted by Crippen LogP contribution is 2.32. The average Bonchev–Trinajstić information content (AvgIpc) is 2.71. The SMILES string of the molecule is CC(N)(C(=O)N1C2CCNCC1CC2)c1ccc(Br)cc1. The summed E-state index contributed by atoms with van der Waals surface area (Å²) < 4.78 is 0.994. The van der Waals surface area contributed by atoms with Gasteiger partial charge < -0.3 is 16.0 Å². The van der Waals surface area contributed by atoms with Crippen LogP contribution in [0, 0.1) is 0 Å². The van der Waals surface area contributed by atoms with E-state index in [0.717, 1.165) is 42.4 Å². The van der Waals surface area contributed by atoms with Crippen LogP contribution in [0.4, 0.5) is 0 Å². The summed E-state index contributed by atoms with van der Waals surface area (Å²) in [6.45, 7) is 3.71. The maximum absolute atomic E-state index is 13.1. The van der Waals surface area contributed by atoms with Crippen molar-refractivity contribution in [2.75, 3.05) is 13.1 Å². The molecule has 1 aromatic carbocycles. The minimum Gasteiger partial charge on any atom is -0.334 e. The van der Waals surface area contributed by atoms with Crippen LogP contribution in [0.25, 0.3) is 0 Å². The summed E-state index contributed by atoms with van der Waals surface area (Å²) in [6, 6.07) is 8.37. The molecule has 114 valence electrons. The first kappa shape index (κ1) is 15.0. The van der Waals surface area contributed by atoms with Crippen LogP contribution in [-0.4, -0.2) is 36.0 Å². The Morgan fingerprint density at radius 1 is 1.29 bits per heavy atom. The number of benzene rings is 1. The van der Waals surface area contributed by atoms with Gasteiger partial charge in [-0.15, -0.1) is 0 Å². The van der Waals surface area contributed by atoms with E-state index < -0.39 is 5.54 Å². The number of carbonyl (C=O) groups excluding carboxylic acids is 1. The highest BCUT2D eigenvalue weighted by molar-refractivity contribution is 9.10. The van der Waals surface area contributed by atoms with Crippen LogP contribution in [0.5, 0.6) is 0 Å². The highest BCUT2D eigenvalue weighted by Gasteiger charge is 2.44. The standard InChI is InChI=1S/C16H22BrN3O/c1-16(18,11-2-4-12(17)5-3-11)15(21)20-13-6-7-14(20)10-19-9-8-13/h2-5,13-14,19H,6-10,18H2,1H3. The van der Waals surface area contributed by atoms with Crippen molar-refractivity contribution >= 4 is 21.8 Å². The lowest BCUT2D eigenvalue weighted by Gasteiger charge is -2.35. The number of amides is 1. The summed E-state index contributed by atoms with van der Waals surface area (Å²) in [6.07, 6.45) is 3.22. The molecule has 2 bridgehead atoms. The Bertz CT molecular complexity index is 515. The van der Waals surface area contributed by atoms with E-state index in [4.69, 9.17) is 5.73 Å². The molecule has 21 heavy (non-hydrogen) atoms. The monoisotopic (exact) mass is 351 g/mol. The van der Waals surface area contributed by atoms with E-state index >= 15 is 0 Å². The van der Waals surface area contributed by atoms with Crippen LogP contribution in [0.2, 0.25) is 0 Å². The molecule has 3 rings (SSSR count). The van der Waals surface area contributed by atoms with Gasteiger partial charge in [0.2, 0.25) is 5.91 Å². The number of hydrogen-bond acceptors (Lipinski definition) is 3. The first-order valence-electron chi connectivity index (χ1n) is 7.58. The van der Waals surface area contributed by atoms with E-state index in [2.05, 4.69) is 26.1 Å². The van der Waals surface area contributed by atoms with Gasteiger partial charge in [-0.3, -0.25) is 4.79 Å². The van der Waals surface area contributed by atoms with E-state index in [1.165, 1.54) is 0 Å². The summed E-state index contributed by atoms with van der Waals surface area (Å²) >= 11 is 3.42. The number of hydrogen-bond donors (Lipinski definition) is 2. The van der Waals surface area contributed by atoms with Gasteiger partial charge in [-0.2, -0.15) is 0 Å². The van der Waals surface area contributed by atoms with Crippen molar-refractivity contribution in [2.45, 2.75) is 43.8 Å². The maximum Gasteiger partial charge on any atom is 0.247 e. The van der Waals surface area contributed by atoms with E-state index in [-0.39, 0.29) is 5.91 Å². The predicted octanol–water partition coefficient (Wildman–Crippen LogP) is 1.98. The molecular formula is C16H22BrN3O. The molecule has 3 atom stereocenters. The minimum absolute atomic E-state index is 0.0565. The van der Waals surface area contributed by atoms with Gasteiger partial charge in [-0.1, -0.05) is 28.1 Å². The molecule has 1 aromatic rings. The molecular weight excluding hydrogens is 330 g/mol. The third-order valence-electron chi connectivity index (χ3n) is 4.78. The van der Waals surface area contributed by atoms with Crippen LogP contribution in [0.1, 0.15) is 31.7 Å². The lowest BCUT2D eigenvalue weighted by molar-refractivity contribution is -0.139. The van der Waals surface area contributed by atoms with E-state index in [1.54, 1.807) is 0 Å². The minimum atomic E-state index is -0.966. The molecule has 3 unspecified atom stereocenters. The van der Waals surface area contributed by atoms with Gasteiger partial charge in [0, 0.05) is 23.1 Å². The van der Waals surface area contributed by atoms with Crippen molar-refractivity contribution in [2.24, 2.45) is 5.73 Å². The molecule has 4 nitrogen and oxygen atoms in total. The zero-order valence-corrected chi connectivity index (χ0v) is 13.9. The number of carbonyl (C=O) groups is 1. The molecule has 1 amide bonds. The Hall–Kier alpha value is -0.910. The van der Waals surface area contributed by atoms with Gasteiger partial charge in [0.05, 0.1) is 0 Å². The quantitative estimate of drug-likeness (QED) is 0.856. The molecule has 2 fully saturated rings. The van der Waals surface area contributed by atoms with Crippen LogP contribution in [0.15, 0.2) is 28.7 Å². The fourth-order valence-electron chi connectivity index (χ4n) is 3.50. The molecule has 0 radical (unpaired) electrons. The topological polar surface area (TPSA) is 58.4 Å². The first-order valence-corrected chi connectivity index (χ1v) is 8.38. The smallest absolute Gasteiger partial charge is 0.247 e. The van der Waals surface area contributed by atoms with E-state index in [0.29, 0.717) is 12.1 Å². The fourth-order valence-corrected chi connectivity index (χ4v) is 3.77. The van der Waals surface area contributed by atoms with Gasteiger partial charge in [-0.05, 0) is 50.4 Å². The third-order valence-corrected chi connectivity index (χ3v) is 5.31. The number of fused-ring (bicyclic) bond motifs is 2. The summed E-state index contributed by atoms with van der Waals surface area (Å²) in [4.78, 5) is 15.1. The van der Waals surface area contributed by atoms with Crippen molar-refractivity contribution in [3.63, 3.8) is 0 Å². The normalized spacial score (nSPS) is 28.0. The number of nitrogens with zero attached hydrogens (tertiary/aromatic N) is 1. The second kappa shape index (κ2) is 5.71. The Morgan fingerprint density at radius 3 is 2.67 bits per heavy atom. The van der Waals surface area contributed by atoms with Crippen molar-refractivity contribution in [1.29, 1.82) is 0 Å². The van der Waals surface area contributed by atoms with Crippen LogP contribution in [-0.2, 0) is 10.3 Å². The molecule has 2 aliphatic rings. The summed E-state index contributed by atoms with van der Waals surface area (Å²) in [5.41, 5.74) is 6.34. The first-order chi connectivity index (χ1) is 10.00. The van der Waals surface area contributed by atoms with Crippen molar-refractivity contribution in [3.8, 4) is 0 Å². The summed E-state index contributed by atoms with van der Waals surface area (Å²) in [5.74, 6) is 0.0565. The molecule has 0 aliphatic carbocycles. The molecule has 0 saturated carbocycles. The predicted molar refractivity (Wildman–Crippen MR) is 86.8 cm³/mol. The Balaban J connectivity index is 1.87. The summed E-state index contributed by atoms with van der Waals surface area (Å²) in [5, 5.41) is 3.42. The Labute approximate surface area is 134 Å². The van der Waals surface area contributed by atoms with Gasteiger partial charge in [-0.25, -0.2) is 0 Å². The van der Waals surface area contributed by atoms with Gasteiger partial charge in [0.25, 0.3) is 0 Å². The van der Waals surface area contributed by atoms with Gasteiger partial charge in [0.1, 0.15) is 5.54 Å². The van der Waals surface area contributed by atoms with Crippen LogP contribution in [0.3, 0.4) is 0 Å². The number of rotatable bonds is 2. The van der Waals surface area contributed by atoms with Gasteiger partial charge in [0.15, 0.2) is 0 Å². The molecule has 5 heteroatoms. The zero-order chi connectivity index (χ0) is 15.0. The molecule has 2 heterocycles. The van der Waals surface area contributed by atoms with Crippen LogP contribution < -0.4 is 11.1 Å². The Kier molecular flexibility index (Phi) is 4.08. The second-order valence-corrected chi connectivity index (χ2v) is 7.22. The third kappa shape index (κ3) is 2.74. The average molecular weight is 352 g/mol. The molecule has 0 spiro atoms. The second-order valence-electron chi connectivity index (χ2n) is 6.30. The lowest BCUT2D eigenvalue weighted by Crippen LogP contribution is -2.55. The van der Waals surface area contributed by atoms with E-state index in [9.17, 15) is 4.79 Å². The van der Waals surface area contributed by atoms with Gasteiger partial charge >= 0.3 is 0 Å². The molecule has 0 aromatic heterocycles. The zero-order valence-electron chi connectivity index (χ0n) is 12.3. The number of nitrogens with one attached hydrogen (secondary N) is 1. The van der Waals surface area contributed by atoms with Crippen molar-refractivity contribution in [1.82, 2.24) is 10.2 Å². The fraction of sp³-hybridized carbons (Fsp3) is 0.562. The van der Waals surface area contributed by atoms with Crippen molar-refractivity contribution < 1.29 is 4.79 Å². The molecule has 2 saturated heterocycles. The van der Waals surface area contributed by atoms with Crippen molar-refractivity contribution in [3.05, 3.63) is 34.3 Å². The Morgan fingerprint density at radius 2 is 1.95 bits per heavy atom. The maximum atomic E-state index is 13.1.